The molecule has 0 spiro atoms. The van der Waals surface area contributed by atoms with Gasteiger partial charge in [-0.2, -0.15) is 0 Å². The zero-order chi connectivity index (χ0) is 20.5. The van der Waals surface area contributed by atoms with Crippen LogP contribution in [0.25, 0.3) is 11.2 Å². The molecule has 1 fully saturated rings. The van der Waals surface area contributed by atoms with Crippen LogP contribution in [0.5, 0.6) is 0 Å². The second-order valence-corrected chi connectivity index (χ2v) is 8.57. The number of aromatic nitrogens is 3. The highest BCUT2D eigenvalue weighted by Gasteiger charge is 2.22. The average molecular weight is 404 g/mol. The molecule has 0 bridgehead atoms. The number of pyridine rings is 1. The number of fused-ring (bicyclic) bond motifs is 3. The van der Waals surface area contributed by atoms with Gasteiger partial charge in [0, 0.05) is 30.9 Å². The standard InChI is InChI=1S/C24H29N5O/c1-17-15-19(22-23(25-17)29-14-6-2-3-11-21(29)27-22)24(30)26-20-10-5-4-9-18(20)16-28-12-7-8-13-28/h4-5,9-10,15H,2-3,6-8,11-14,16H2,1H3,(H,26,30). The Hall–Kier alpha value is -2.73. The Morgan fingerprint density at radius 1 is 1.03 bits per heavy atom. The van der Waals surface area contributed by atoms with Crippen LogP contribution >= 0.6 is 0 Å². The van der Waals surface area contributed by atoms with Crippen molar-refractivity contribution in [3.05, 3.63) is 53.0 Å². The molecule has 1 N–H and O–H groups in total. The molecule has 1 amide bonds. The molecule has 0 atom stereocenters. The van der Waals surface area contributed by atoms with E-state index in [1.807, 2.05) is 31.2 Å². The lowest BCUT2D eigenvalue weighted by Gasteiger charge is -2.18. The number of aryl methyl sites for hydroxylation is 3. The van der Waals surface area contributed by atoms with Crippen molar-refractivity contribution in [3.63, 3.8) is 0 Å². The van der Waals surface area contributed by atoms with Crippen molar-refractivity contribution in [1.82, 2.24) is 19.4 Å². The first-order valence-corrected chi connectivity index (χ1v) is 11.2. The fourth-order valence-corrected chi connectivity index (χ4v) is 4.74. The molecule has 2 aromatic heterocycles. The second-order valence-electron chi connectivity index (χ2n) is 8.57. The number of likely N-dealkylation sites (tertiary alicyclic amines) is 1. The summed E-state index contributed by atoms with van der Waals surface area (Å²) in [6.45, 7) is 6.02. The number of hydrogen-bond acceptors (Lipinski definition) is 4. The number of hydrogen-bond donors (Lipinski definition) is 1. The van der Waals surface area contributed by atoms with E-state index in [1.165, 1.54) is 19.3 Å². The van der Waals surface area contributed by atoms with E-state index < -0.39 is 0 Å². The first kappa shape index (κ1) is 19.2. The Bertz CT molecular complexity index is 1080. The molecule has 1 aromatic carbocycles. The number of nitrogens with zero attached hydrogens (tertiary/aromatic N) is 4. The van der Waals surface area contributed by atoms with Crippen LogP contribution in [0.3, 0.4) is 0 Å². The maximum absolute atomic E-state index is 13.3. The molecular weight excluding hydrogens is 374 g/mol. The lowest BCUT2D eigenvalue weighted by molar-refractivity contribution is 0.102. The van der Waals surface area contributed by atoms with Gasteiger partial charge in [-0.05, 0) is 63.4 Å². The fourth-order valence-electron chi connectivity index (χ4n) is 4.74. The van der Waals surface area contributed by atoms with E-state index in [9.17, 15) is 4.79 Å². The van der Waals surface area contributed by atoms with Gasteiger partial charge in [-0.3, -0.25) is 9.69 Å². The highest BCUT2D eigenvalue weighted by molar-refractivity contribution is 6.11. The largest absolute Gasteiger partial charge is 0.322 e. The van der Waals surface area contributed by atoms with Gasteiger partial charge in [0.15, 0.2) is 5.65 Å². The van der Waals surface area contributed by atoms with Gasteiger partial charge in [0.2, 0.25) is 0 Å². The van der Waals surface area contributed by atoms with E-state index >= 15 is 0 Å². The van der Waals surface area contributed by atoms with Crippen LogP contribution < -0.4 is 5.32 Å². The van der Waals surface area contributed by atoms with Crippen molar-refractivity contribution < 1.29 is 4.79 Å². The number of amides is 1. The Labute approximate surface area is 177 Å². The minimum atomic E-state index is -0.104. The third-order valence-corrected chi connectivity index (χ3v) is 6.30. The number of imidazole rings is 1. The predicted molar refractivity (Wildman–Crippen MR) is 119 cm³/mol. The van der Waals surface area contributed by atoms with Gasteiger partial charge in [0.05, 0.1) is 5.56 Å². The van der Waals surface area contributed by atoms with E-state index in [4.69, 9.17) is 9.97 Å². The van der Waals surface area contributed by atoms with Gasteiger partial charge in [0.1, 0.15) is 11.3 Å². The summed E-state index contributed by atoms with van der Waals surface area (Å²) in [5.41, 5.74) is 5.10. The van der Waals surface area contributed by atoms with Crippen molar-refractivity contribution in [2.75, 3.05) is 18.4 Å². The van der Waals surface area contributed by atoms with E-state index in [0.29, 0.717) is 5.56 Å². The van der Waals surface area contributed by atoms with E-state index in [0.717, 1.165) is 79.4 Å². The molecule has 6 nitrogen and oxygen atoms in total. The fraction of sp³-hybridized carbons (Fsp3) is 0.458. The highest BCUT2D eigenvalue weighted by atomic mass is 16.1. The molecule has 0 radical (unpaired) electrons. The molecule has 0 aliphatic carbocycles. The van der Waals surface area contributed by atoms with Gasteiger partial charge >= 0.3 is 0 Å². The molecular formula is C24H29N5O. The smallest absolute Gasteiger partial charge is 0.258 e. The van der Waals surface area contributed by atoms with Gasteiger partial charge in [-0.15, -0.1) is 0 Å². The number of benzene rings is 1. The average Bonchev–Trinajstić information content (AvgIpc) is 3.30. The molecule has 0 saturated carbocycles. The summed E-state index contributed by atoms with van der Waals surface area (Å²) in [6.07, 6.45) is 6.97. The Morgan fingerprint density at radius 3 is 2.70 bits per heavy atom. The predicted octanol–water partition coefficient (Wildman–Crippen LogP) is 4.31. The molecule has 6 heteroatoms. The zero-order valence-electron chi connectivity index (χ0n) is 17.7. The van der Waals surface area contributed by atoms with Crippen molar-refractivity contribution in [1.29, 1.82) is 0 Å². The monoisotopic (exact) mass is 403 g/mol. The third kappa shape index (κ3) is 3.72. The van der Waals surface area contributed by atoms with Gasteiger partial charge in [-0.1, -0.05) is 24.6 Å². The lowest BCUT2D eigenvalue weighted by atomic mass is 10.1. The summed E-state index contributed by atoms with van der Waals surface area (Å²) >= 11 is 0. The second kappa shape index (κ2) is 8.19. The molecule has 2 aliphatic heterocycles. The number of anilines is 1. The maximum atomic E-state index is 13.3. The summed E-state index contributed by atoms with van der Waals surface area (Å²) in [6, 6.07) is 10.0. The van der Waals surface area contributed by atoms with Crippen LogP contribution in [0.15, 0.2) is 30.3 Å². The number of rotatable bonds is 4. The molecule has 156 valence electrons. The summed E-state index contributed by atoms with van der Waals surface area (Å²) in [5.74, 6) is 0.955. The molecule has 0 unspecified atom stereocenters. The Kier molecular flexibility index (Phi) is 5.25. The number of nitrogens with one attached hydrogen (secondary N) is 1. The van der Waals surface area contributed by atoms with Gasteiger partial charge in [-0.25, -0.2) is 9.97 Å². The zero-order valence-corrected chi connectivity index (χ0v) is 17.7. The van der Waals surface area contributed by atoms with Crippen LogP contribution in [0.1, 0.15) is 59.5 Å². The Balaban J connectivity index is 1.47. The van der Waals surface area contributed by atoms with Crippen LogP contribution in [0.4, 0.5) is 5.69 Å². The quantitative estimate of drug-likeness (QED) is 0.705. The van der Waals surface area contributed by atoms with Crippen LogP contribution in [0.2, 0.25) is 0 Å². The van der Waals surface area contributed by atoms with Crippen LogP contribution in [-0.4, -0.2) is 38.4 Å². The Morgan fingerprint density at radius 2 is 1.83 bits per heavy atom. The summed E-state index contributed by atoms with van der Waals surface area (Å²) < 4.78 is 2.22. The van der Waals surface area contributed by atoms with Gasteiger partial charge in [0.25, 0.3) is 5.91 Å². The topological polar surface area (TPSA) is 63.1 Å². The minimum absolute atomic E-state index is 0.104. The van der Waals surface area contributed by atoms with Crippen LogP contribution in [-0.2, 0) is 19.5 Å². The van der Waals surface area contributed by atoms with E-state index in [2.05, 4.69) is 20.9 Å². The van der Waals surface area contributed by atoms with Crippen molar-refractivity contribution in [2.24, 2.45) is 0 Å². The van der Waals surface area contributed by atoms with Crippen molar-refractivity contribution in [3.8, 4) is 0 Å². The maximum Gasteiger partial charge on any atom is 0.258 e. The summed E-state index contributed by atoms with van der Waals surface area (Å²) in [7, 11) is 0. The molecule has 4 heterocycles. The minimum Gasteiger partial charge on any atom is -0.322 e. The van der Waals surface area contributed by atoms with Crippen LogP contribution in [0, 0.1) is 6.92 Å². The first-order chi connectivity index (χ1) is 14.7. The van der Waals surface area contributed by atoms with E-state index in [1.54, 1.807) is 0 Å². The van der Waals surface area contributed by atoms with Crippen molar-refractivity contribution in [2.45, 2.75) is 58.5 Å². The summed E-state index contributed by atoms with van der Waals surface area (Å²) in [4.78, 5) is 25.4. The lowest BCUT2D eigenvalue weighted by Crippen LogP contribution is -2.20. The molecule has 5 rings (SSSR count). The number of carbonyl (C=O) groups excluding carboxylic acids is 1. The molecule has 1 saturated heterocycles. The first-order valence-electron chi connectivity index (χ1n) is 11.2. The highest BCUT2D eigenvalue weighted by Crippen LogP contribution is 2.26. The summed E-state index contributed by atoms with van der Waals surface area (Å²) in [5, 5.41) is 3.17. The number of para-hydroxylation sites is 1. The van der Waals surface area contributed by atoms with Crippen molar-refractivity contribution >= 4 is 22.8 Å². The normalized spacial score (nSPS) is 17.1. The van der Waals surface area contributed by atoms with E-state index in [-0.39, 0.29) is 5.91 Å². The molecule has 3 aromatic rings. The molecule has 2 aliphatic rings. The molecule has 30 heavy (non-hydrogen) atoms. The van der Waals surface area contributed by atoms with Gasteiger partial charge < -0.3 is 9.88 Å². The third-order valence-electron chi connectivity index (χ3n) is 6.30. The number of carbonyl (C=O) groups is 1. The SMILES string of the molecule is Cc1cc(C(=O)Nc2ccccc2CN2CCCC2)c2nc3n(c2n1)CCCCC3.